The molecule has 0 spiro atoms. The number of halogens is 1. The van der Waals surface area contributed by atoms with Crippen LogP contribution in [0.25, 0.3) is 0 Å². The van der Waals surface area contributed by atoms with E-state index in [9.17, 15) is 4.79 Å². The summed E-state index contributed by atoms with van der Waals surface area (Å²) in [5, 5.41) is 2.96. The highest BCUT2D eigenvalue weighted by Crippen LogP contribution is 2.26. The predicted molar refractivity (Wildman–Crippen MR) is 119 cm³/mol. The van der Waals surface area contributed by atoms with Crippen LogP contribution in [0.4, 0.5) is 0 Å². The van der Waals surface area contributed by atoms with E-state index in [2.05, 4.69) is 45.5 Å². The van der Waals surface area contributed by atoms with E-state index in [-0.39, 0.29) is 5.91 Å². The largest absolute Gasteiger partial charge is 0.492 e. The van der Waals surface area contributed by atoms with Gasteiger partial charge < -0.3 is 10.1 Å². The zero-order valence-electron chi connectivity index (χ0n) is 15.7. The average Bonchev–Trinajstić information content (AvgIpc) is 2.74. The lowest BCUT2D eigenvalue weighted by atomic mass is 10.1. The fourth-order valence-electron chi connectivity index (χ4n) is 2.71. The van der Waals surface area contributed by atoms with Gasteiger partial charge in [0.25, 0.3) is 5.91 Å². The maximum Gasteiger partial charge on any atom is 0.251 e. The zero-order chi connectivity index (χ0) is 19.8. The van der Waals surface area contributed by atoms with Crippen molar-refractivity contribution < 1.29 is 9.53 Å². The average molecular weight is 456 g/mol. The Morgan fingerprint density at radius 2 is 1.75 bits per heavy atom. The molecule has 0 aromatic heterocycles. The van der Waals surface area contributed by atoms with Gasteiger partial charge in [0.2, 0.25) is 0 Å². The minimum absolute atomic E-state index is 0.106. The summed E-state index contributed by atoms with van der Waals surface area (Å²) in [7, 11) is 0. The molecule has 0 bridgehead atoms. The van der Waals surface area contributed by atoms with Crippen molar-refractivity contribution in [3.8, 4) is 5.75 Å². The Balaban J connectivity index is 1.52. The highest BCUT2D eigenvalue weighted by molar-refractivity contribution is 9.10. The van der Waals surface area contributed by atoms with Crippen molar-refractivity contribution in [2.24, 2.45) is 0 Å². The summed E-state index contributed by atoms with van der Waals surface area (Å²) >= 11 is 5.21. The summed E-state index contributed by atoms with van der Waals surface area (Å²) in [4.78, 5) is 13.6. The monoisotopic (exact) mass is 455 g/mol. The molecule has 1 amide bonds. The van der Waals surface area contributed by atoms with Crippen LogP contribution in [0.15, 0.2) is 82.2 Å². The molecule has 0 unspecified atom stereocenters. The third kappa shape index (κ3) is 5.88. The van der Waals surface area contributed by atoms with Gasteiger partial charge in [0.15, 0.2) is 0 Å². The Morgan fingerprint density at radius 3 is 2.43 bits per heavy atom. The molecule has 0 fully saturated rings. The van der Waals surface area contributed by atoms with Gasteiger partial charge in [-0.15, -0.1) is 11.8 Å². The number of nitrogens with one attached hydrogen (secondary N) is 1. The first kappa shape index (κ1) is 20.5. The molecule has 0 saturated carbocycles. The van der Waals surface area contributed by atoms with E-state index in [1.807, 2.05) is 42.7 Å². The molecule has 0 aliphatic carbocycles. The molecule has 0 radical (unpaired) electrons. The first-order valence-electron chi connectivity index (χ1n) is 9.03. The van der Waals surface area contributed by atoms with Crippen LogP contribution in [0, 0.1) is 0 Å². The van der Waals surface area contributed by atoms with Crippen LogP contribution in [0.3, 0.4) is 0 Å². The normalized spacial score (nSPS) is 10.5. The smallest absolute Gasteiger partial charge is 0.251 e. The molecule has 3 aromatic rings. The molecule has 0 aliphatic rings. The maximum atomic E-state index is 12.4. The Morgan fingerprint density at radius 1 is 1.00 bits per heavy atom. The topological polar surface area (TPSA) is 38.3 Å². The van der Waals surface area contributed by atoms with Gasteiger partial charge in [-0.2, -0.15) is 0 Å². The highest BCUT2D eigenvalue weighted by atomic mass is 79.9. The molecule has 0 heterocycles. The summed E-state index contributed by atoms with van der Waals surface area (Å²) in [5.41, 5.74) is 2.91. The second-order valence-corrected chi connectivity index (χ2v) is 7.99. The Kier molecular flexibility index (Phi) is 7.57. The molecule has 0 aliphatic heterocycles. The Hall–Kier alpha value is -2.24. The Labute approximate surface area is 178 Å². The third-order valence-electron chi connectivity index (χ3n) is 4.30. The molecule has 0 saturated heterocycles. The third-order valence-corrected chi connectivity index (χ3v) is 5.66. The fraction of sp³-hybridized carbons (Fsp3) is 0.174. The molecule has 3 rings (SSSR count). The molecular formula is C23H22BrNO2S. The van der Waals surface area contributed by atoms with Crippen molar-refractivity contribution >= 4 is 33.6 Å². The van der Waals surface area contributed by atoms with Gasteiger partial charge >= 0.3 is 0 Å². The number of hydrogen-bond donors (Lipinski definition) is 1. The van der Waals surface area contributed by atoms with Gasteiger partial charge in [0, 0.05) is 23.4 Å². The quantitative estimate of drug-likeness (QED) is 0.441. The van der Waals surface area contributed by atoms with E-state index < -0.39 is 0 Å². The number of carbonyl (C=O) groups is 1. The van der Waals surface area contributed by atoms with Gasteiger partial charge in [-0.05, 0) is 63.6 Å². The number of rotatable bonds is 8. The molecule has 0 atom stereocenters. The standard InChI is InChI=1S/C23H22BrNO2S/c1-28-20-10-7-18(8-11-20)16-25-23(26)19-9-12-22(21(24)15-19)27-14-13-17-5-3-2-4-6-17/h2-12,15H,13-14,16H2,1H3,(H,25,26). The number of amides is 1. The van der Waals surface area contributed by atoms with Crippen molar-refractivity contribution in [3.63, 3.8) is 0 Å². The van der Waals surface area contributed by atoms with E-state index in [4.69, 9.17) is 4.74 Å². The lowest BCUT2D eigenvalue weighted by molar-refractivity contribution is 0.0951. The molecule has 3 nitrogen and oxygen atoms in total. The number of thioether (sulfide) groups is 1. The second kappa shape index (κ2) is 10.3. The van der Waals surface area contributed by atoms with Gasteiger partial charge in [0.05, 0.1) is 11.1 Å². The maximum absolute atomic E-state index is 12.4. The van der Waals surface area contributed by atoms with E-state index in [0.29, 0.717) is 18.7 Å². The highest BCUT2D eigenvalue weighted by Gasteiger charge is 2.09. The van der Waals surface area contributed by atoms with Crippen LogP contribution >= 0.6 is 27.7 Å². The van der Waals surface area contributed by atoms with Crippen LogP contribution < -0.4 is 10.1 Å². The van der Waals surface area contributed by atoms with E-state index in [1.165, 1.54) is 10.5 Å². The van der Waals surface area contributed by atoms with Crippen LogP contribution in [0.5, 0.6) is 5.75 Å². The Bertz CT molecular complexity index is 914. The fourth-order valence-corrected chi connectivity index (χ4v) is 3.61. The van der Waals surface area contributed by atoms with E-state index >= 15 is 0 Å². The van der Waals surface area contributed by atoms with Crippen molar-refractivity contribution in [3.05, 3.63) is 94.0 Å². The summed E-state index contributed by atoms with van der Waals surface area (Å²) in [5.74, 6) is 0.630. The van der Waals surface area contributed by atoms with Crippen molar-refractivity contribution in [2.75, 3.05) is 12.9 Å². The van der Waals surface area contributed by atoms with Crippen molar-refractivity contribution in [1.29, 1.82) is 0 Å². The van der Waals surface area contributed by atoms with Crippen LogP contribution in [0.2, 0.25) is 0 Å². The zero-order valence-corrected chi connectivity index (χ0v) is 18.1. The molecule has 5 heteroatoms. The van der Waals surface area contributed by atoms with Crippen molar-refractivity contribution in [2.45, 2.75) is 17.9 Å². The van der Waals surface area contributed by atoms with Gasteiger partial charge in [-0.25, -0.2) is 0 Å². The number of ether oxygens (including phenoxy) is 1. The first-order valence-corrected chi connectivity index (χ1v) is 11.0. The number of hydrogen-bond acceptors (Lipinski definition) is 3. The van der Waals surface area contributed by atoms with Gasteiger partial charge in [0.1, 0.15) is 5.75 Å². The van der Waals surface area contributed by atoms with Gasteiger partial charge in [-0.1, -0.05) is 42.5 Å². The number of benzene rings is 3. The summed E-state index contributed by atoms with van der Waals surface area (Å²) < 4.78 is 6.62. The SMILES string of the molecule is CSc1ccc(CNC(=O)c2ccc(OCCc3ccccc3)c(Br)c2)cc1. The molecular weight excluding hydrogens is 434 g/mol. The molecule has 28 heavy (non-hydrogen) atoms. The molecule has 3 aromatic carbocycles. The first-order chi connectivity index (χ1) is 13.7. The molecule has 144 valence electrons. The summed E-state index contributed by atoms with van der Waals surface area (Å²) in [6, 6.07) is 23.8. The summed E-state index contributed by atoms with van der Waals surface area (Å²) in [6.07, 6.45) is 2.88. The molecule has 1 N–H and O–H groups in total. The van der Waals surface area contributed by atoms with Crippen molar-refractivity contribution in [1.82, 2.24) is 5.32 Å². The minimum atomic E-state index is -0.106. The number of carbonyl (C=O) groups excluding carboxylic acids is 1. The van der Waals surface area contributed by atoms with Crippen LogP contribution in [0.1, 0.15) is 21.5 Å². The van der Waals surface area contributed by atoms with Gasteiger partial charge in [-0.3, -0.25) is 4.79 Å². The van der Waals surface area contributed by atoms with Crippen LogP contribution in [-0.4, -0.2) is 18.8 Å². The lowest BCUT2D eigenvalue weighted by Crippen LogP contribution is -2.22. The minimum Gasteiger partial charge on any atom is -0.492 e. The van der Waals surface area contributed by atoms with E-state index in [0.717, 1.165) is 22.2 Å². The van der Waals surface area contributed by atoms with Crippen LogP contribution in [-0.2, 0) is 13.0 Å². The van der Waals surface area contributed by atoms with E-state index in [1.54, 1.807) is 23.9 Å². The predicted octanol–water partition coefficient (Wildman–Crippen LogP) is 5.72. The summed E-state index contributed by atoms with van der Waals surface area (Å²) in [6.45, 7) is 1.08. The lowest BCUT2D eigenvalue weighted by Gasteiger charge is -2.10. The second-order valence-electron chi connectivity index (χ2n) is 6.26.